The van der Waals surface area contributed by atoms with Gasteiger partial charge in [0.05, 0.1) is 6.54 Å². The second-order valence-electron chi connectivity index (χ2n) is 6.16. The van der Waals surface area contributed by atoms with Gasteiger partial charge in [-0.05, 0) is 43.7 Å². The average molecular weight is 370 g/mol. The summed E-state index contributed by atoms with van der Waals surface area (Å²) in [6.07, 6.45) is 4.31. The number of halogens is 1. The number of ether oxygens (including phenoxy) is 1. The molecule has 134 valence electrons. The van der Waals surface area contributed by atoms with Crippen molar-refractivity contribution in [3.63, 3.8) is 0 Å². The van der Waals surface area contributed by atoms with Crippen molar-refractivity contribution in [3.8, 4) is 0 Å². The Hall–Kier alpha value is -0.910. The largest absolute Gasteiger partial charge is 0.381 e. The Morgan fingerprint density at radius 1 is 1.42 bits per heavy atom. The molecule has 2 rings (SSSR count). The number of hydrogen-bond acceptors (Lipinski definition) is 3. The van der Waals surface area contributed by atoms with E-state index in [9.17, 15) is 0 Å². The maximum atomic E-state index is 6.09. The molecule has 0 aliphatic carbocycles. The number of benzene rings is 1. The number of guanidine groups is 1. The summed E-state index contributed by atoms with van der Waals surface area (Å²) in [5.41, 5.74) is 1.18. The summed E-state index contributed by atoms with van der Waals surface area (Å²) < 4.78 is 5.72. The molecular formula is C18H28ClN3OS. The second kappa shape index (κ2) is 9.54. The zero-order chi connectivity index (χ0) is 17.4. The zero-order valence-electron chi connectivity index (χ0n) is 14.8. The van der Waals surface area contributed by atoms with Crippen molar-refractivity contribution in [2.45, 2.75) is 31.1 Å². The average Bonchev–Trinajstić information content (AvgIpc) is 2.59. The van der Waals surface area contributed by atoms with Crippen LogP contribution in [0.25, 0.3) is 0 Å². The highest BCUT2D eigenvalue weighted by Crippen LogP contribution is 2.34. The molecule has 1 fully saturated rings. The van der Waals surface area contributed by atoms with Crippen LogP contribution in [0.3, 0.4) is 0 Å². The predicted octanol–water partition coefficient (Wildman–Crippen LogP) is 3.65. The Morgan fingerprint density at radius 2 is 2.17 bits per heavy atom. The van der Waals surface area contributed by atoms with Crippen molar-refractivity contribution in [2.24, 2.45) is 4.99 Å². The molecule has 0 saturated carbocycles. The molecular weight excluding hydrogens is 342 g/mol. The molecule has 0 radical (unpaired) electrons. The Labute approximate surface area is 155 Å². The molecule has 1 heterocycles. The van der Waals surface area contributed by atoms with E-state index in [1.54, 1.807) is 0 Å². The molecule has 1 N–H and O–H groups in total. The fraction of sp³-hybridized carbons (Fsp3) is 0.611. The van der Waals surface area contributed by atoms with E-state index in [1.807, 2.05) is 30.0 Å². The first kappa shape index (κ1) is 19.4. The van der Waals surface area contributed by atoms with E-state index in [4.69, 9.17) is 21.3 Å². The van der Waals surface area contributed by atoms with Crippen molar-refractivity contribution in [3.05, 3.63) is 34.9 Å². The van der Waals surface area contributed by atoms with Crippen molar-refractivity contribution in [1.82, 2.24) is 10.2 Å². The Bertz CT molecular complexity index is 547. The van der Waals surface area contributed by atoms with Gasteiger partial charge < -0.3 is 15.0 Å². The molecule has 0 unspecified atom stereocenters. The number of rotatable bonds is 6. The van der Waals surface area contributed by atoms with Crippen LogP contribution in [0.4, 0.5) is 0 Å². The molecule has 0 spiro atoms. The van der Waals surface area contributed by atoms with Gasteiger partial charge in [-0.15, -0.1) is 0 Å². The highest BCUT2D eigenvalue weighted by atomic mass is 35.5. The van der Waals surface area contributed by atoms with Gasteiger partial charge in [-0.3, -0.25) is 4.99 Å². The highest BCUT2D eigenvalue weighted by Gasteiger charge is 2.31. The third-order valence-electron chi connectivity index (χ3n) is 4.36. The predicted molar refractivity (Wildman–Crippen MR) is 105 cm³/mol. The van der Waals surface area contributed by atoms with Gasteiger partial charge in [0.25, 0.3) is 0 Å². The highest BCUT2D eigenvalue weighted by molar-refractivity contribution is 8.00. The van der Waals surface area contributed by atoms with Crippen LogP contribution in [0, 0.1) is 0 Å². The van der Waals surface area contributed by atoms with Crippen LogP contribution < -0.4 is 5.32 Å². The van der Waals surface area contributed by atoms with E-state index in [-0.39, 0.29) is 4.75 Å². The molecule has 0 atom stereocenters. The van der Waals surface area contributed by atoms with Crippen LogP contribution >= 0.6 is 23.4 Å². The van der Waals surface area contributed by atoms with E-state index < -0.39 is 0 Å². The van der Waals surface area contributed by atoms with Crippen molar-refractivity contribution in [1.29, 1.82) is 0 Å². The van der Waals surface area contributed by atoms with Crippen LogP contribution in [0.1, 0.15) is 25.3 Å². The Morgan fingerprint density at radius 3 is 2.79 bits per heavy atom. The summed E-state index contributed by atoms with van der Waals surface area (Å²) in [5, 5.41) is 4.17. The standard InChI is InChI=1S/C18H28ClN3OS/c1-4-20-17(21-14-18(24-3)8-10-23-11-9-18)22(2)13-15-6-5-7-16(19)12-15/h5-7,12H,4,8-11,13-14H2,1-3H3,(H,20,21). The van der Waals surface area contributed by atoms with Crippen LogP contribution in [-0.4, -0.2) is 55.2 Å². The number of nitrogens with zero attached hydrogens (tertiary/aromatic N) is 2. The van der Waals surface area contributed by atoms with Crippen LogP contribution in [0.2, 0.25) is 5.02 Å². The molecule has 0 amide bonds. The Kier molecular flexibility index (Phi) is 7.72. The molecule has 4 nitrogen and oxygen atoms in total. The summed E-state index contributed by atoms with van der Waals surface area (Å²) in [6, 6.07) is 7.98. The maximum Gasteiger partial charge on any atom is 0.194 e. The zero-order valence-corrected chi connectivity index (χ0v) is 16.4. The van der Waals surface area contributed by atoms with E-state index >= 15 is 0 Å². The minimum atomic E-state index is 0.204. The monoisotopic (exact) mass is 369 g/mol. The first-order chi connectivity index (χ1) is 11.6. The minimum Gasteiger partial charge on any atom is -0.381 e. The summed E-state index contributed by atoms with van der Waals surface area (Å²) in [7, 11) is 2.07. The van der Waals surface area contributed by atoms with Gasteiger partial charge in [0.1, 0.15) is 0 Å². The molecule has 1 aliphatic heterocycles. The van der Waals surface area contributed by atoms with Gasteiger partial charge in [0, 0.05) is 43.1 Å². The van der Waals surface area contributed by atoms with Crippen LogP contribution in [0.5, 0.6) is 0 Å². The lowest BCUT2D eigenvalue weighted by atomic mass is 9.99. The number of thioether (sulfide) groups is 1. The molecule has 1 aliphatic rings. The van der Waals surface area contributed by atoms with Crippen molar-refractivity contribution < 1.29 is 4.74 Å². The second-order valence-corrected chi connectivity index (χ2v) is 7.87. The maximum absolute atomic E-state index is 6.09. The molecule has 1 aromatic rings. The first-order valence-corrected chi connectivity index (χ1v) is 10.1. The van der Waals surface area contributed by atoms with Crippen molar-refractivity contribution >= 4 is 29.3 Å². The summed E-state index contributed by atoms with van der Waals surface area (Å²) >= 11 is 8.01. The van der Waals surface area contributed by atoms with Gasteiger partial charge in [0.2, 0.25) is 0 Å². The molecule has 0 aromatic heterocycles. The number of hydrogen-bond donors (Lipinski definition) is 1. The van der Waals surface area contributed by atoms with Crippen LogP contribution in [0.15, 0.2) is 29.3 Å². The molecule has 1 aromatic carbocycles. The Balaban J connectivity index is 2.06. The van der Waals surface area contributed by atoms with Gasteiger partial charge in [-0.25, -0.2) is 0 Å². The van der Waals surface area contributed by atoms with Gasteiger partial charge in [-0.1, -0.05) is 23.7 Å². The van der Waals surface area contributed by atoms with Crippen molar-refractivity contribution in [2.75, 3.05) is 39.6 Å². The van der Waals surface area contributed by atoms with Crippen LogP contribution in [-0.2, 0) is 11.3 Å². The fourth-order valence-corrected chi connectivity index (χ4v) is 3.82. The molecule has 1 saturated heterocycles. The smallest absolute Gasteiger partial charge is 0.194 e. The van der Waals surface area contributed by atoms with E-state index in [0.29, 0.717) is 0 Å². The lowest BCUT2D eigenvalue weighted by Gasteiger charge is -2.34. The third kappa shape index (κ3) is 5.57. The summed E-state index contributed by atoms with van der Waals surface area (Å²) in [6.45, 7) is 6.23. The molecule has 6 heteroatoms. The first-order valence-electron chi connectivity index (χ1n) is 8.45. The number of nitrogens with one attached hydrogen (secondary N) is 1. The van der Waals surface area contributed by atoms with Gasteiger partial charge in [-0.2, -0.15) is 11.8 Å². The quantitative estimate of drug-likeness (QED) is 0.613. The fourth-order valence-electron chi connectivity index (χ4n) is 2.84. The topological polar surface area (TPSA) is 36.9 Å². The molecule has 24 heavy (non-hydrogen) atoms. The van der Waals surface area contributed by atoms with E-state index in [1.165, 1.54) is 5.56 Å². The lowest BCUT2D eigenvalue weighted by molar-refractivity contribution is 0.0793. The molecule has 0 bridgehead atoms. The minimum absolute atomic E-state index is 0.204. The summed E-state index contributed by atoms with van der Waals surface area (Å²) in [5.74, 6) is 0.942. The lowest BCUT2D eigenvalue weighted by Crippen LogP contribution is -2.41. The van der Waals surface area contributed by atoms with Gasteiger partial charge >= 0.3 is 0 Å². The van der Waals surface area contributed by atoms with E-state index in [0.717, 1.165) is 56.7 Å². The van der Waals surface area contributed by atoms with E-state index in [2.05, 4.69) is 36.5 Å². The van der Waals surface area contributed by atoms with Gasteiger partial charge in [0.15, 0.2) is 5.96 Å². The normalized spacial score (nSPS) is 17.6. The number of aliphatic imine (C=N–C) groups is 1. The SMILES string of the molecule is CCNC(=NCC1(SC)CCOCC1)N(C)Cc1cccc(Cl)c1. The summed E-state index contributed by atoms with van der Waals surface area (Å²) in [4.78, 5) is 7.08. The third-order valence-corrected chi connectivity index (χ3v) is 6.00.